The molecule has 80 valence electrons. The number of nitriles is 1. The van der Waals surface area contributed by atoms with E-state index in [1.807, 2.05) is 0 Å². The molecule has 6 heteroatoms. The standard InChI is InChI=1S/C9H7F3N2O/c10-9(11,12)4-5-15-8-3-1-2-7(6-13)14-8/h1-3H,4-5H2. The highest BCUT2D eigenvalue weighted by molar-refractivity contribution is 5.24. The Kier molecular flexibility index (Phi) is 3.50. The van der Waals surface area contributed by atoms with Gasteiger partial charge in [-0.2, -0.15) is 18.4 Å². The first-order chi connectivity index (χ1) is 7.01. The Morgan fingerprint density at radius 2 is 2.13 bits per heavy atom. The lowest BCUT2D eigenvalue weighted by Gasteiger charge is -2.07. The molecule has 0 aliphatic rings. The number of aromatic nitrogens is 1. The normalized spacial score (nSPS) is 10.8. The number of alkyl halides is 3. The van der Waals surface area contributed by atoms with Crippen LogP contribution in [0.4, 0.5) is 13.2 Å². The molecule has 0 atom stereocenters. The van der Waals surface area contributed by atoms with Gasteiger partial charge in [0.2, 0.25) is 5.88 Å². The van der Waals surface area contributed by atoms with E-state index in [0.717, 1.165) is 0 Å². The molecule has 0 bridgehead atoms. The highest BCUT2D eigenvalue weighted by Gasteiger charge is 2.26. The van der Waals surface area contributed by atoms with E-state index in [2.05, 4.69) is 4.98 Å². The largest absolute Gasteiger partial charge is 0.477 e. The van der Waals surface area contributed by atoms with Gasteiger partial charge >= 0.3 is 6.18 Å². The molecule has 1 heterocycles. The molecule has 1 aromatic heterocycles. The Bertz CT molecular complexity index is 370. The Morgan fingerprint density at radius 1 is 1.40 bits per heavy atom. The van der Waals surface area contributed by atoms with Crippen LogP contribution in [0, 0.1) is 11.3 Å². The third kappa shape index (κ3) is 4.31. The van der Waals surface area contributed by atoms with Crippen molar-refractivity contribution < 1.29 is 17.9 Å². The maximum absolute atomic E-state index is 11.8. The Balaban J connectivity index is 2.48. The van der Waals surface area contributed by atoms with E-state index < -0.39 is 19.2 Å². The van der Waals surface area contributed by atoms with Gasteiger partial charge in [-0.05, 0) is 6.07 Å². The van der Waals surface area contributed by atoms with Gasteiger partial charge in [-0.25, -0.2) is 4.98 Å². The maximum atomic E-state index is 11.8. The summed E-state index contributed by atoms with van der Waals surface area (Å²) in [7, 11) is 0. The van der Waals surface area contributed by atoms with Gasteiger partial charge < -0.3 is 4.74 Å². The molecule has 0 N–H and O–H groups in total. The van der Waals surface area contributed by atoms with Crippen molar-refractivity contribution in [2.24, 2.45) is 0 Å². The highest BCUT2D eigenvalue weighted by Crippen LogP contribution is 2.19. The second kappa shape index (κ2) is 4.64. The Morgan fingerprint density at radius 3 is 2.73 bits per heavy atom. The first-order valence-electron chi connectivity index (χ1n) is 4.08. The van der Waals surface area contributed by atoms with E-state index in [4.69, 9.17) is 10.00 Å². The lowest BCUT2D eigenvalue weighted by atomic mass is 10.4. The van der Waals surface area contributed by atoms with Crippen LogP contribution < -0.4 is 4.74 Å². The topological polar surface area (TPSA) is 45.9 Å². The van der Waals surface area contributed by atoms with Crippen molar-refractivity contribution >= 4 is 0 Å². The van der Waals surface area contributed by atoms with E-state index in [1.165, 1.54) is 18.2 Å². The fourth-order valence-electron chi connectivity index (χ4n) is 0.829. The summed E-state index contributed by atoms with van der Waals surface area (Å²) in [6.07, 6.45) is -5.28. The first-order valence-corrected chi connectivity index (χ1v) is 4.08. The zero-order chi connectivity index (χ0) is 11.3. The Labute approximate surface area is 84.1 Å². The molecule has 1 rings (SSSR count). The molecule has 0 saturated carbocycles. The van der Waals surface area contributed by atoms with Crippen molar-refractivity contribution in [3.8, 4) is 11.9 Å². The average molecular weight is 216 g/mol. The maximum Gasteiger partial charge on any atom is 0.392 e. The molecule has 0 radical (unpaired) electrons. The molecule has 0 fully saturated rings. The van der Waals surface area contributed by atoms with Crippen molar-refractivity contribution in [1.29, 1.82) is 5.26 Å². The summed E-state index contributed by atoms with van der Waals surface area (Å²) >= 11 is 0. The van der Waals surface area contributed by atoms with Gasteiger partial charge in [0.15, 0.2) is 0 Å². The molecule has 0 unspecified atom stereocenters. The third-order valence-electron chi connectivity index (χ3n) is 1.47. The van der Waals surface area contributed by atoms with E-state index in [9.17, 15) is 13.2 Å². The van der Waals surface area contributed by atoms with Crippen molar-refractivity contribution in [3.63, 3.8) is 0 Å². The molecule has 0 aromatic carbocycles. The van der Waals surface area contributed by atoms with Crippen LogP contribution in [-0.4, -0.2) is 17.8 Å². The van der Waals surface area contributed by atoms with E-state index in [1.54, 1.807) is 6.07 Å². The summed E-state index contributed by atoms with van der Waals surface area (Å²) in [4.78, 5) is 3.66. The number of halogens is 3. The summed E-state index contributed by atoms with van der Waals surface area (Å²) in [6, 6.07) is 6.10. The monoisotopic (exact) mass is 216 g/mol. The molecule has 1 aromatic rings. The molecular weight excluding hydrogens is 209 g/mol. The van der Waals surface area contributed by atoms with Gasteiger partial charge in [-0.15, -0.1) is 0 Å². The summed E-state index contributed by atoms with van der Waals surface area (Å²) in [5.41, 5.74) is 0.111. The van der Waals surface area contributed by atoms with Crippen molar-refractivity contribution in [2.45, 2.75) is 12.6 Å². The summed E-state index contributed by atoms with van der Waals surface area (Å²) in [6.45, 7) is -0.495. The quantitative estimate of drug-likeness (QED) is 0.778. The lowest BCUT2D eigenvalue weighted by Crippen LogP contribution is -2.13. The highest BCUT2D eigenvalue weighted by atomic mass is 19.4. The molecule has 3 nitrogen and oxygen atoms in total. The summed E-state index contributed by atoms with van der Waals surface area (Å²) < 4.78 is 40.0. The van der Waals surface area contributed by atoms with Gasteiger partial charge in [0.25, 0.3) is 0 Å². The van der Waals surface area contributed by atoms with E-state index >= 15 is 0 Å². The zero-order valence-corrected chi connectivity index (χ0v) is 7.58. The van der Waals surface area contributed by atoms with Crippen LogP contribution in [0.5, 0.6) is 5.88 Å². The van der Waals surface area contributed by atoms with Crippen LogP contribution >= 0.6 is 0 Å². The Hall–Kier alpha value is -1.77. The lowest BCUT2D eigenvalue weighted by molar-refractivity contribution is -0.139. The van der Waals surface area contributed by atoms with Crippen LogP contribution in [-0.2, 0) is 0 Å². The first kappa shape index (κ1) is 11.3. The minimum Gasteiger partial charge on any atom is -0.477 e. The van der Waals surface area contributed by atoms with Crippen LogP contribution in [0.25, 0.3) is 0 Å². The van der Waals surface area contributed by atoms with Crippen LogP contribution in [0.3, 0.4) is 0 Å². The zero-order valence-electron chi connectivity index (χ0n) is 7.58. The minimum atomic E-state index is -4.24. The van der Waals surface area contributed by atoms with E-state index in [-0.39, 0.29) is 11.6 Å². The summed E-state index contributed by atoms with van der Waals surface area (Å²) in [5.74, 6) is 0.0262. The summed E-state index contributed by atoms with van der Waals surface area (Å²) in [5, 5.41) is 8.47. The fourth-order valence-corrected chi connectivity index (χ4v) is 0.829. The molecule has 0 saturated heterocycles. The number of nitrogens with zero attached hydrogens (tertiary/aromatic N) is 2. The number of hydrogen-bond acceptors (Lipinski definition) is 3. The fraction of sp³-hybridized carbons (Fsp3) is 0.333. The van der Waals surface area contributed by atoms with Gasteiger partial charge in [0.05, 0.1) is 13.0 Å². The SMILES string of the molecule is N#Cc1cccc(OCCC(F)(F)F)n1. The minimum absolute atomic E-state index is 0.0262. The number of hydrogen-bond donors (Lipinski definition) is 0. The predicted octanol–water partition coefficient (Wildman–Crippen LogP) is 2.28. The number of rotatable bonds is 3. The third-order valence-corrected chi connectivity index (χ3v) is 1.47. The van der Waals surface area contributed by atoms with Crippen molar-refractivity contribution in [2.75, 3.05) is 6.61 Å². The van der Waals surface area contributed by atoms with Crippen LogP contribution in [0.15, 0.2) is 18.2 Å². The van der Waals surface area contributed by atoms with Crippen LogP contribution in [0.1, 0.15) is 12.1 Å². The number of ether oxygens (including phenoxy) is 1. The smallest absolute Gasteiger partial charge is 0.392 e. The van der Waals surface area contributed by atoms with E-state index in [0.29, 0.717) is 0 Å². The average Bonchev–Trinajstić information content (AvgIpc) is 2.16. The molecule has 0 aliphatic heterocycles. The van der Waals surface area contributed by atoms with Crippen LogP contribution in [0.2, 0.25) is 0 Å². The molecule has 0 amide bonds. The van der Waals surface area contributed by atoms with Crippen molar-refractivity contribution in [1.82, 2.24) is 4.98 Å². The molecular formula is C9H7F3N2O. The molecule has 0 aliphatic carbocycles. The van der Waals surface area contributed by atoms with Gasteiger partial charge in [0.1, 0.15) is 11.8 Å². The second-order valence-electron chi connectivity index (χ2n) is 2.69. The predicted molar refractivity (Wildman–Crippen MR) is 45.1 cm³/mol. The van der Waals surface area contributed by atoms with Crippen molar-refractivity contribution in [3.05, 3.63) is 23.9 Å². The second-order valence-corrected chi connectivity index (χ2v) is 2.69. The van der Waals surface area contributed by atoms with Gasteiger partial charge in [0, 0.05) is 6.07 Å². The van der Waals surface area contributed by atoms with Gasteiger partial charge in [-0.1, -0.05) is 6.07 Å². The molecule has 15 heavy (non-hydrogen) atoms. The molecule has 0 spiro atoms. The number of pyridine rings is 1. The van der Waals surface area contributed by atoms with Gasteiger partial charge in [-0.3, -0.25) is 0 Å².